The number of ether oxygens (including phenoxy) is 1. The number of carbonyl (C=O) groups is 1. The lowest BCUT2D eigenvalue weighted by atomic mass is 9.95. The van der Waals surface area contributed by atoms with Crippen LogP contribution in [0.5, 0.6) is 5.75 Å². The van der Waals surface area contributed by atoms with E-state index in [9.17, 15) is 4.79 Å². The summed E-state index contributed by atoms with van der Waals surface area (Å²) in [5.74, 6) is 1.23. The number of nitrogens with one attached hydrogen (secondary N) is 1. The van der Waals surface area contributed by atoms with Crippen LogP contribution in [-0.4, -0.2) is 40.0 Å². The largest absolute Gasteiger partial charge is 0.496 e. The summed E-state index contributed by atoms with van der Waals surface area (Å²) in [6, 6.07) is 12.1. The molecule has 6 nitrogen and oxygen atoms in total. The van der Waals surface area contributed by atoms with E-state index in [1.54, 1.807) is 18.4 Å². The zero-order valence-electron chi connectivity index (χ0n) is 17.8. The van der Waals surface area contributed by atoms with Crippen LogP contribution in [-0.2, 0) is 4.79 Å². The van der Waals surface area contributed by atoms with Crippen molar-refractivity contribution in [2.75, 3.05) is 12.9 Å². The van der Waals surface area contributed by atoms with Crippen molar-refractivity contribution in [3.8, 4) is 26.9 Å². The Balaban J connectivity index is 1.40. The standard InChI is InChI=1S/C23H26N4O2S2/c1-15-22(31-23(24-15)17-10-6-7-11-19(17)29-2)18-12-13-21(27-26-18)30-14-20(28)25-16-8-4-3-5-9-16/h6-7,10-13,16H,3-5,8-9,14H2,1-2H3,(H,25,28). The van der Waals surface area contributed by atoms with Gasteiger partial charge in [-0.25, -0.2) is 4.98 Å². The Morgan fingerprint density at radius 3 is 2.71 bits per heavy atom. The van der Waals surface area contributed by atoms with Crippen LogP contribution < -0.4 is 10.1 Å². The Bertz CT molecular complexity index is 1030. The minimum Gasteiger partial charge on any atom is -0.496 e. The molecule has 0 aliphatic heterocycles. The first kappa shape index (κ1) is 21.8. The maximum absolute atomic E-state index is 12.2. The Morgan fingerprint density at radius 1 is 1.16 bits per heavy atom. The molecule has 162 valence electrons. The number of rotatable bonds is 7. The third kappa shape index (κ3) is 5.43. The molecule has 1 aromatic carbocycles. The highest BCUT2D eigenvalue weighted by atomic mass is 32.2. The number of thioether (sulfide) groups is 1. The van der Waals surface area contributed by atoms with Crippen LogP contribution in [0.15, 0.2) is 41.4 Å². The van der Waals surface area contributed by atoms with Crippen LogP contribution in [0.1, 0.15) is 37.8 Å². The maximum atomic E-state index is 12.2. The van der Waals surface area contributed by atoms with Gasteiger partial charge in [-0.15, -0.1) is 21.5 Å². The SMILES string of the molecule is COc1ccccc1-c1nc(C)c(-c2ccc(SCC(=O)NC3CCCCC3)nn2)s1. The molecule has 1 N–H and O–H groups in total. The topological polar surface area (TPSA) is 77.0 Å². The van der Waals surface area contributed by atoms with Crippen LogP contribution in [0.3, 0.4) is 0 Å². The Morgan fingerprint density at radius 2 is 1.97 bits per heavy atom. The molecule has 1 fully saturated rings. The lowest BCUT2D eigenvalue weighted by molar-refractivity contribution is -0.119. The fraction of sp³-hybridized carbons (Fsp3) is 0.391. The molecule has 0 unspecified atom stereocenters. The molecule has 1 saturated carbocycles. The monoisotopic (exact) mass is 454 g/mol. The Hall–Kier alpha value is -2.45. The van der Waals surface area contributed by atoms with Crippen LogP contribution >= 0.6 is 23.1 Å². The average Bonchev–Trinajstić information content (AvgIpc) is 3.20. The van der Waals surface area contributed by atoms with E-state index >= 15 is 0 Å². The van der Waals surface area contributed by atoms with Crippen molar-refractivity contribution in [3.05, 3.63) is 42.1 Å². The molecule has 0 spiro atoms. The predicted octanol–water partition coefficient (Wildman–Crippen LogP) is 5.13. The number of hydrogen-bond acceptors (Lipinski definition) is 7. The number of carbonyl (C=O) groups excluding carboxylic acids is 1. The smallest absolute Gasteiger partial charge is 0.230 e. The summed E-state index contributed by atoms with van der Waals surface area (Å²) >= 11 is 2.99. The molecule has 1 amide bonds. The normalized spacial score (nSPS) is 14.4. The van der Waals surface area contributed by atoms with Gasteiger partial charge in [0.15, 0.2) is 0 Å². The van der Waals surface area contributed by atoms with Gasteiger partial charge < -0.3 is 10.1 Å². The minimum atomic E-state index is 0.0718. The first-order valence-electron chi connectivity index (χ1n) is 10.5. The van der Waals surface area contributed by atoms with Crippen LogP contribution in [0, 0.1) is 6.92 Å². The van der Waals surface area contributed by atoms with Crippen molar-refractivity contribution >= 4 is 29.0 Å². The molecular formula is C23H26N4O2S2. The molecule has 4 rings (SSSR count). The van der Waals surface area contributed by atoms with Gasteiger partial charge in [0, 0.05) is 6.04 Å². The predicted molar refractivity (Wildman–Crippen MR) is 126 cm³/mol. The Kier molecular flexibility index (Phi) is 7.19. The fourth-order valence-electron chi connectivity index (χ4n) is 3.74. The lowest BCUT2D eigenvalue weighted by Crippen LogP contribution is -2.37. The number of amides is 1. The average molecular weight is 455 g/mol. The second-order valence-electron chi connectivity index (χ2n) is 7.58. The highest BCUT2D eigenvalue weighted by Gasteiger charge is 2.17. The summed E-state index contributed by atoms with van der Waals surface area (Å²) in [5.41, 5.74) is 2.66. The lowest BCUT2D eigenvalue weighted by Gasteiger charge is -2.22. The third-order valence-corrected chi connectivity index (χ3v) is 7.46. The molecule has 0 bridgehead atoms. The summed E-state index contributed by atoms with van der Waals surface area (Å²) in [5, 5.41) is 13.5. The summed E-state index contributed by atoms with van der Waals surface area (Å²) < 4.78 is 5.47. The molecule has 2 heterocycles. The van der Waals surface area contributed by atoms with Crippen molar-refractivity contribution in [1.29, 1.82) is 0 Å². The van der Waals surface area contributed by atoms with E-state index in [-0.39, 0.29) is 5.91 Å². The van der Waals surface area contributed by atoms with Gasteiger partial charge in [-0.3, -0.25) is 4.79 Å². The van der Waals surface area contributed by atoms with E-state index < -0.39 is 0 Å². The van der Waals surface area contributed by atoms with Gasteiger partial charge in [0.05, 0.1) is 29.0 Å². The summed E-state index contributed by atoms with van der Waals surface area (Å²) in [7, 11) is 1.66. The second kappa shape index (κ2) is 10.2. The van der Waals surface area contributed by atoms with E-state index in [1.807, 2.05) is 43.3 Å². The molecule has 3 aromatic rings. The molecule has 1 aliphatic rings. The third-order valence-electron chi connectivity index (χ3n) is 5.33. The van der Waals surface area contributed by atoms with Crippen molar-refractivity contribution < 1.29 is 9.53 Å². The van der Waals surface area contributed by atoms with E-state index in [4.69, 9.17) is 9.72 Å². The second-order valence-corrected chi connectivity index (χ2v) is 9.58. The number of aromatic nitrogens is 3. The van der Waals surface area contributed by atoms with Gasteiger partial charge in [0.1, 0.15) is 21.5 Å². The van der Waals surface area contributed by atoms with Crippen LogP contribution in [0.25, 0.3) is 21.1 Å². The molecule has 0 radical (unpaired) electrons. The number of nitrogens with zero attached hydrogens (tertiary/aromatic N) is 3. The molecular weight excluding hydrogens is 428 g/mol. The summed E-state index contributed by atoms with van der Waals surface area (Å²) in [6.45, 7) is 1.98. The van der Waals surface area contributed by atoms with Crippen molar-refractivity contribution in [2.45, 2.75) is 50.1 Å². The van der Waals surface area contributed by atoms with Gasteiger partial charge in [0.25, 0.3) is 0 Å². The van der Waals surface area contributed by atoms with Gasteiger partial charge in [0.2, 0.25) is 5.91 Å². The van der Waals surface area contributed by atoms with Crippen molar-refractivity contribution in [2.24, 2.45) is 0 Å². The number of methoxy groups -OCH3 is 1. The molecule has 1 aliphatic carbocycles. The van der Waals surface area contributed by atoms with E-state index in [1.165, 1.54) is 31.0 Å². The first-order valence-corrected chi connectivity index (χ1v) is 12.3. The number of hydrogen-bond donors (Lipinski definition) is 1. The highest BCUT2D eigenvalue weighted by molar-refractivity contribution is 7.99. The quantitative estimate of drug-likeness (QED) is 0.499. The number of benzene rings is 1. The Labute approximate surface area is 190 Å². The van der Waals surface area contributed by atoms with Crippen LogP contribution in [0.4, 0.5) is 0 Å². The van der Waals surface area contributed by atoms with E-state index in [2.05, 4.69) is 15.5 Å². The van der Waals surface area contributed by atoms with Crippen molar-refractivity contribution in [1.82, 2.24) is 20.5 Å². The summed E-state index contributed by atoms with van der Waals surface area (Å²) in [4.78, 5) is 17.9. The van der Waals surface area contributed by atoms with E-state index in [0.29, 0.717) is 11.8 Å². The number of thiazole rings is 1. The van der Waals surface area contributed by atoms with Crippen molar-refractivity contribution in [3.63, 3.8) is 0 Å². The molecule has 0 atom stereocenters. The van der Waals surface area contributed by atoms with Crippen LogP contribution in [0.2, 0.25) is 0 Å². The number of aryl methyl sites for hydroxylation is 1. The maximum Gasteiger partial charge on any atom is 0.230 e. The molecule has 31 heavy (non-hydrogen) atoms. The molecule has 2 aromatic heterocycles. The zero-order valence-corrected chi connectivity index (χ0v) is 19.4. The van der Waals surface area contributed by atoms with E-state index in [0.717, 1.165) is 50.5 Å². The van der Waals surface area contributed by atoms with Gasteiger partial charge >= 0.3 is 0 Å². The van der Waals surface area contributed by atoms with Gasteiger partial charge in [-0.1, -0.05) is 43.2 Å². The minimum absolute atomic E-state index is 0.0718. The first-order chi connectivity index (χ1) is 15.1. The summed E-state index contributed by atoms with van der Waals surface area (Å²) in [6.07, 6.45) is 5.89. The zero-order chi connectivity index (χ0) is 21.6. The van der Waals surface area contributed by atoms with Gasteiger partial charge in [-0.2, -0.15) is 0 Å². The van der Waals surface area contributed by atoms with Gasteiger partial charge in [-0.05, 0) is 44.0 Å². The fourth-order valence-corrected chi connectivity index (χ4v) is 5.43. The molecule has 0 saturated heterocycles. The highest BCUT2D eigenvalue weighted by Crippen LogP contribution is 2.38. The molecule has 8 heteroatoms. The number of para-hydroxylation sites is 1.